The van der Waals surface area contributed by atoms with Crippen molar-refractivity contribution >= 4 is 52.4 Å². The van der Waals surface area contributed by atoms with Crippen LogP contribution in [0.25, 0.3) is 0 Å². The molecular weight excluding hydrogens is 671 g/mol. The number of hydrogen-bond acceptors (Lipinski definition) is 4. The fourth-order valence-electron chi connectivity index (χ4n) is 6.33. The molecule has 4 aliphatic carbocycles. The van der Waals surface area contributed by atoms with Gasteiger partial charge in [-0.1, -0.05) is 0 Å². The van der Waals surface area contributed by atoms with Crippen molar-refractivity contribution < 1.29 is 0 Å². The number of hydrogen-bond donors (Lipinski definition) is 0. The van der Waals surface area contributed by atoms with Crippen molar-refractivity contribution in [3.63, 3.8) is 0 Å². The van der Waals surface area contributed by atoms with Gasteiger partial charge in [0.1, 0.15) is 0 Å². The topological polar surface area (TPSA) is 13.0 Å². The third-order valence-corrected chi connectivity index (χ3v) is 54.1. The summed E-state index contributed by atoms with van der Waals surface area (Å²) in [5.41, 5.74) is 20.0. The summed E-state index contributed by atoms with van der Waals surface area (Å²) in [5, 5.41) is 0. The van der Waals surface area contributed by atoms with E-state index in [0.717, 1.165) is 0 Å². The summed E-state index contributed by atoms with van der Waals surface area (Å²) in [7, 11) is -8.37. The van der Waals surface area contributed by atoms with Crippen LogP contribution in [0.1, 0.15) is 0 Å². The first kappa shape index (κ1) is 31.8. The van der Waals surface area contributed by atoms with Gasteiger partial charge in [0.2, 0.25) is 0 Å². The molecule has 0 fully saturated rings. The Morgan fingerprint density at radius 1 is 0.390 bits per heavy atom. The first-order chi connectivity index (χ1) is 18.9. The summed E-state index contributed by atoms with van der Waals surface area (Å²) >= 11 is -4.49. The summed E-state index contributed by atoms with van der Waals surface area (Å²) in [6, 6.07) is 0. The second-order valence-electron chi connectivity index (χ2n) is 14.8. The minimum absolute atomic E-state index is 1.24. The average Bonchev–Trinajstić information content (AvgIpc) is 3.60. The van der Waals surface area contributed by atoms with Crippen LogP contribution in [0.2, 0.25) is 78.6 Å². The Morgan fingerprint density at radius 3 is 0.707 bits per heavy atom. The second-order valence-corrected chi connectivity index (χ2v) is 47.6. The van der Waals surface area contributed by atoms with E-state index in [9.17, 15) is 0 Å². The third kappa shape index (κ3) is 6.05. The number of rotatable bonds is 12. The molecule has 4 rings (SSSR count). The molecule has 4 aliphatic rings. The summed E-state index contributed by atoms with van der Waals surface area (Å²) < 4.78 is 12.0. The first-order valence-electron chi connectivity index (χ1n) is 14.7. The van der Waals surface area contributed by atoms with E-state index in [1.807, 2.05) is 0 Å². The van der Waals surface area contributed by atoms with Gasteiger partial charge in [-0.25, -0.2) is 0 Å². The fraction of sp³-hybridized carbons (Fsp3) is 0.375. The zero-order valence-electron chi connectivity index (χ0n) is 27.2. The van der Waals surface area contributed by atoms with Crippen LogP contribution in [0, 0.1) is 0 Å². The van der Waals surface area contributed by atoms with E-state index in [2.05, 4.69) is 186 Å². The van der Waals surface area contributed by atoms with Crippen LogP contribution in [0.3, 0.4) is 0 Å². The Labute approximate surface area is 259 Å². The maximum absolute atomic E-state index is 4.49. The van der Waals surface area contributed by atoms with Gasteiger partial charge in [-0.15, -0.1) is 0 Å². The molecule has 0 aliphatic heterocycles. The van der Waals surface area contributed by atoms with E-state index in [0.29, 0.717) is 0 Å². The third-order valence-electron chi connectivity index (χ3n) is 7.17. The quantitative estimate of drug-likeness (QED) is 0.148. The van der Waals surface area contributed by atoms with E-state index in [4.69, 9.17) is 0 Å². The van der Waals surface area contributed by atoms with Gasteiger partial charge in [0.15, 0.2) is 0 Å². The molecule has 0 atom stereocenters. The summed E-state index contributed by atoms with van der Waals surface area (Å²) in [4.78, 5) is 0. The molecule has 0 bridgehead atoms. The van der Waals surface area contributed by atoms with Gasteiger partial charge < -0.3 is 0 Å². The number of nitrogens with zero attached hydrogens (tertiary/aromatic N) is 4. The molecular formula is C32H48N4Si4Sn. The average molecular weight is 720 g/mol. The van der Waals surface area contributed by atoms with Crippen LogP contribution in [-0.4, -0.2) is 63.6 Å². The van der Waals surface area contributed by atoms with Crippen LogP contribution in [0.4, 0.5) is 0 Å². The molecule has 0 unspecified atom stereocenters. The van der Waals surface area contributed by atoms with E-state index in [1.165, 1.54) is 22.8 Å². The molecule has 0 amide bonds. The Bertz CT molecular complexity index is 1260. The van der Waals surface area contributed by atoms with Crippen LogP contribution in [-0.2, 0) is 0 Å². The molecule has 41 heavy (non-hydrogen) atoms. The maximum atomic E-state index is 3.75. The van der Waals surface area contributed by atoms with Crippen molar-refractivity contribution in [3.8, 4) is 0 Å². The van der Waals surface area contributed by atoms with Gasteiger partial charge in [-0.2, -0.15) is 0 Å². The Balaban J connectivity index is 2.37. The van der Waals surface area contributed by atoms with Gasteiger partial charge in [0.05, 0.1) is 0 Å². The molecule has 4 nitrogen and oxygen atoms in total. The molecule has 0 heterocycles. The Hall–Kier alpha value is -2.09. The minimum atomic E-state index is -4.49. The van der Waals surface area contributed by atoms with Crippen molar-refractivity contribution in [2.75, 3.05) is 0 Å². The molecule has 0 radical (unpaired) electrons. The predicted octanol–water partition coefficient (Wildman–Crippen LogP) is 8.40. The molecule has 9 heteroatoms. The molecule has 0 aromatic rings. The van der Waals surface area contributed by atoms with Gasteiger partial charge in [-0.05, 0) is 0 Å². The second kappa shape index (κ2) is 11.2. The summed E-state index contributed by atoms with van der Waals surface area (Å²) in [6.07, 6.45) is 26.4. The molecule has 0 N–H and O–H groups in total. The predicted molar refractivity (Wildman–Crippen MR) is 189 cm³/mol. The molecule has 0 saturated carbocycles. The van der Waals surface area contributed by atoms with Crippen LogP contribution >= 0.6 is 0 Å². The normalized spacial score (nSPS) is 17.5. The van der Waals surface area contributed by atoms with Gasteiger partial charge in [-0.3, -0.25) is 0 Å². The van der Waals surface area contributed by atoms with Crippen molar-refractivity contribution in [1.29, 1.82) is 0 Å². The zero-order valence-corrected chi connectivity index (χ0v) is 34.1. The van der Waals surface area contributed by atoms with Crippen LogP contribution in [0.5, 0.6) is 0 Å². The standard InChI is InChI=1S/4C8H12NSi.Sn/c4*1-10(2,3)9-8-6-4-5-7-8;/h4*4-6H,1-3H3;/q4*-1;+4. The van der Waals surface area contributed by atoms with Gasteiger partial charge in [0.25, 0.3) is 0 Å². The van der Waals surface area contributed by atoms with E-state index < -0.39 is 52.4 Å². The summed E-state index contributed by atoms with van der Waals surface area (Å²) in [5.74, 6) is 0. The van der Waals surface area contributed by atoms with Crippen molar-refractivity contribution in [2.24, 2.45) is 0 Å². The van der Waals surface area contributed by atoms with E-state index in [1.54, 1.807) is 0 Å². The van der Waals surface area contributed by atoms with Crippen molar-refractivity contribution in [2.45, 2.75) is 78.6 Å². The monoisotopic (exact) mass is 720 g/mol. The molecule has 0 aromatic carbocycles. The van der Waals surface area contributed by atoms with Crippen LogP contribution < -0.4 is 0 Å². The molecule has 0 spiro atoms. The van der Waals surface area contributed by atoms with Gasteiger partial charge in [0, 0.05) is 0 Å². The molecule has 0 aromatic heterocycles. The fourth-order valence-corrected chi connectivity index (χ4v) is 65.0. The summed E-state index contributed by atoms with van der Waals surface area (Å²) in [6.45, 7) is 30.4. The Kier molecular flexibility index (Phi) is 8.69. The molecule has 0 saturated heterocycles. The Morgan fingerprint density at radius 2 is 0.585 bits per heavy atom. The van der Waals surface area contributed by atoms with Gasteiger partial charge >= 0.3 is 261 Å². The van der Waals surface area contributed by atoms with Crippen molar-refractivity contribution in [1.82, 2.24) is 11.1 Å². The molecule has 216 valence electrons. The van der Waals surface area contributed by atoms with Crippen LogP contribution in [0.15, 0.2) is 119 Å². The van der Waals surface area contributed by atoms with E-state index in [-0.39, 0.29) is 0 Å². The number of allylic oxidation sites excluding steroid dienone is 8. The first-order valence-corrected chi connectivity index (χ1v) is 33.6. The zero-order chi connectivity index (χ0) is 30.4. The SMILES string of the molecule is C[Si](C)(C)[N](C1=C=CC=C1)[Sn]([N](C1=C=CC=C1)[Si](C)(C)C)([N](C1=C=CC=C1)[Si](C)(C)C)[N](C1=C=CC=C1)[Si](C)(C)C. The van der Waals surface area contributed by atoms with Crippen molar-refractivity contribution in [3.05, 3.63) is 119 Å². The van der Waals surface area contributed by atoms with E-state index >= 15 is 0 Å².